The third-order valence-electron chi connectivity index (χ3n) is 5.82. The highest BCUT2D eigenvalue weighted by atomic mass is 35.5. The Balaban J connectivity index is 0.00000342. The maximum atomic E-state index is 13.4. The lowest BCUT2D eigenvalue weighted by Crippen LogP contribution is -3.00. The lowest BCUT2D eigenvalue weighted by molar-refractivity contribution is -0.627. The number of quaternary nitrogens is 1. The fourth-order valence-corrected chi connectivity index (χ4v) is 4.00. The van der Waals surface area contributed by atoms with Gasteiger partial charge >= 0.3 is 0 Å². The number of piperidine rings is 1. The van der Waals surface area contributed by atoms with E-state index in [2.05, 4.69) is 29.6 Å². The molecule has 1 amide bonds. The Morgan fingerprint density at radius 2 is 1.94 bits per heavy atom. The van der Waals surface area contributed by atoms with Gasteiger partial charge in [-0.3, -0.25) is 9.59 Å². The van der Waals surface area contributed by atoms with Crippen LogP contribution in [-0.4, -0.2) is 49.9 Å². The number of halogens is 1. The Hall–Kier alpha value is -3.59. The third kappa shape index (κ3) is 6.95. The minimum atomic E-state index is -0.107. The topological polar surface area (TPSA) is 63.2 Å². The van der Waals surface area contributed by atoms with Crippen LogP contribution in [0.5, 0.6) is 5.75 Å². The van der Waals surface area contributed by atoms with Gasteiger partial charge in [0.25, 0.3) is 5.91 Å². The average Bonchev–Trinajstić information content (AvgIpc) is 2.88. The molecule has 1 aliphatic carbocycles. The van der Waals surface area contributed by atoms with Crippen molar-refractivity contribution >= 4 is 17.8 Å². The first-order valence-electron chi connectivity index (χ1n) is 11.6. The number of likely N-dealkylation sites (N-methyl/N-ethyl adjacent to an activating group) is 1. The molecule has 1 fully saturated rings. The lowest BCUT2D eigenvalue weighted by Gasteiger charge is -2.30. The molecule has 0 spiro atoms. The number of allylic oxidation sites excluding steroid dienone is 5. The van der Waals surface area contributed by atoms with Gasteiger partial charge in [-0.25, -0.2) is 0 Å². The van der Waals surface area contributed by atoms with E-state index in [1.807, 2.05) is 49.6 Å². The Morgan fingerprint density at radius 1 is 1.14 bits per heavy atom. The van der Waals surface area contributed by atoms with E-state index in [-0.39, 0.29) is 36.6 Å². The van der Waals surface area contributed by atoms with Crippen LogP contribution in [0.3, 0.4) is 0 Å². The molecule has 0 aromatic heterocycles. The zero-order valence-corrected chi connectivity index (χ0v) is 20.5. The second-order valence-electron chi connectivity index (χ2n) is 8.40. The molecule has 2 N–H and O–H groups in total. The van der Waals surface area contributed by atoms with Gasteiger partial charge in [-0.1, -0.05) is 42.5 Å². The largest absolute Gasteiger partial charge is 1.00 e. The van der Waals surface area contributed by atoms with E-state index < -0.39 is 0 Å². The molecule has 0 radical (unpaired) electrons. The molecule has 4 rings (SSSR count). The van der Waals surface area contributed by atoms with Crippen molar-refractivity contribution in [1.82, 2.24) is 4.90 Å². The van der Waals surface area contributed by atoms with E-state index in [1.54, 1.807) is 29.2 Å². The second-order valence-corrected chi connectivity index (χ2v) is 8.40. The molecule has 2 aliphatic rings. The number of benzene rings is 1. The van der Waals surface area contributed by atoms with Crippen LogP contribution < -0.4 is 22.5 Å². The van der Waals surface area contributed by atoms with Gasteiger partial charge in [0, 0.05) is 23.3 Å². The van der Waals surface area contributed by atoms with Crippen molar-refractivity contribution in [3.05, 3.63) is 107 Å². The van der Waals surface area contributed by atoms with Crippen LogP contribution in [0.1, 0.15) is 22.3 Å². The van der Waals surface area contributed by atoms with Gasteiger partial charge < -0.3 is 27.4 Å². The summed E-state index contributed by atoms with van der Waals surface area (Å²) in [6.07, 6.45) is 12.9. The van der Waals surface area contributed by atoms with E-state index in [0.29, 0.717) is 29.9 Å². The van der Waals surface area contributed by atoms with Gasteiger partial charge in [0.05, 0.1) is 13.6 Å². The standard InChI is InChI=1S/C29H28N2O3.ClH/c1-30-16-17-34-27-14-12-24(13-15-27)29(33)31-20-25(18-22-8-4-2-5-9-22)28(32)26(21-31)19-23-10-6-3-7-11-23;/h2,4-6,8,10-15,18-19,22,30H,9,16-17,20-21H2,1H3;1H. The molecule has 1 saturated heterocycles. The molecule has 1 atom stereocenters. The Bertz CT molecular complexity index is 1130. The number of nitrogens with zero attached hydrogens (tertiary/aromatic N) is 1. The smallest absolute Gasteiger partial charge is 0.254 e. The first kappa shape index (κ1) is 26.0. The summed E-state index contributed by atoms with van der Waals surface area (Å²) < 4.78 is 5.69. The Labute approximate surface area is 213 Å². The van der Waals surface area contributed by atoms with Gasteiger partial charge in [0.1, 0.15) is 18.9 Å². The quantitative estimate of drug-likeness (QED) is 0.442. The van der Waals surface area contributed by atoms with Gasteiger partial charge in [0.2, 0.25) is 0 Å². The first-order chi connectivity index (χ1) is 16.6. The highest BCUT2D eigenvalue weighted by Gasteiger charge is 2.30. The number of amides is 1. The molecular weight excluding hydrogens is 460 g/mol. The molecule has 35 heavy (non-hydrogen) atoms. The van der Waals surface area contributed by atoms with Crippen molar-refractivity contribution in [1.29, 1.82) is 0 Å². The Morgan fingerprint density at radius 3 is 2.63 bits per heavy atom. The molecule has 1 aliphatic heterocycles. The maximum Gasteiger partial charge on any atom is 0.254 e. The van der Waals surface area contributed by atoms with Crippen LogP contribution >= 0.6 is 0 Å². The van der Waals surface area contributed by atoms with E-state index in [9.17, 15) is 9.59 Å². The summed E-state index contributed by atoms with van der Waals surface area (Å²) in [5, 5.41) is 2.05. The summed E-state index contributed by atoms with van der Waals surface area (Å²) in [5.74, 6) is 0.778. The number of hydrogen-bond donors (Lipinski definition) is 1. The van der Waals surface area contributed by atoms with Gasteiger partial charge in [-0.05, 0) is 66.4 Å². The van der Waals surface area contributed by atoms with Gasteiger partial charge in [-0.2, -0.15) is 0 Å². The van der Waals surface area contributed by atoms with Gasteiger partial charge in [0.15, 0.2) is 5.78 Å². The first-order valence-corrected chi connectivity index (χ1v) is 11.6. The van der Waals surface area contributed by atoms with Crippen LogP contribution in [0.25, 0.3) is 6.08 Å². The summed E-state index contributed by atoms with van der Waals surface area (Å²) >= 11 is 0. The van der Waals surface area contributed by atoms with E-state index >= 15 is 0 Å². The summed E-state index contributed by atoms with van der Waals surface area (Å²) in [5.41, 5.74) is 2.68. The lowest BCUT2D eigenvalue weighted by atomic mass is 9.90. The second kappa shape index (κ2) is 12.8. The highest BCUT2D eigenvalue weighted by Crippen LogP contribution is 2.25. The third-order valence-corrected chi connectivity index (χ3v) is 5.82. The molecule has 0 saturated carbocycles. The van der Waals surface area contributed by atoms with Crippen molar-refractivity contribution in [3.8, 4) is 5.75 Å². The summed E-state index contributed by atoms with van der Waals surface area (Å²) in [6, 6.07) is 18.4. The highest BCUT2D eigenvalue weighted by molar-refractivity contribution is 6.13. The number of carbonyl (C=O) groups is 2. The van der Waals surface area contributed by atoms with Crippen LogP contribution in [0, 0.1) is 18.1 Å². The van der Waals surface area contributed by atoms with Crippen molar-refractivity contribution in [2.75, 3.05) is 33.3 Å². The molecule has 1 heterocycles. The minimum Gasteiger partial charge on any atom is -1.00 e. The van der Waals surface area contributed by atoms with Crippen LogP contribution in [0.15, 0.2) is 84.0 Å². The van der Waals surface area contributed by atoms with E-state index in [4.69, 9.17) is 4.74 Å². The number of hydrogen-bond acceptors (Lipinski definition) is 3. The summed E-state index contributed by atoms with van der Waals surface area (Å²) in [7, 11) is 2.00. The summed E-state index contributed by atoms with van der Waals surface area (Å²) in [4.78, 5) is 28.5. The summed E-state index contributed by atoms with van der Waals surface area (Å²) in [6.45, 7) is 2.04. The van der Waals surface area contributed by atoms with Crippen molar-refractivity contribution in [2.45, 2.75) is 6.42 Å². The predicted octanol–water partition coefficient (Wildman–Crippen LogP) is 0.0302. The molecular formula is C29H29ClN2O3. The number of likely N-dealkylation sites (tertiary alicyclic amines) is 1. The molecule has 6 heteroatoms. The number of Topliss-reactive ketones (excluding diaryl/α,β-unsaturated/α-hetero) is 1. The number of ketones is 1. The van der Waals surface area contributed by atoms with Crippen LogP contribution in [0.2, 0.25) is 0 Å². The SMILES string of the molecule is C[NH2+]CCOc1ccc(C(=O)N2CC(=Cc3cc#ccc3)C(=O)C(=CC3C=CC=CC3)C2)cc1.[Cl-]. The molecule has 180 valence electrons. The monoisotopic (exact) mass is 488 g/mol. The maximum absolute atomic E-state index is 13.4. The van der Waals surface area contributed by atoms with Gasteiger partial charge in [-0.15, -0.1) is 0 Å². The minimum absolute atomic E-state index is 0. The van der Waals surface area contributed by atoms with E-state index in [0.717, 1.165) is 24.3 Å². The number of carbonyl (C=O) groups excluding carboxylic acids is 2. The molecule has 1 unspecified atom stereocenters. The van der Waals surface area contributed by atoms with Crippen LogP contribution in [0.4, 0.5) is 0 Å². The van der Waals surface area contributed by atoms with Crippen molar-refractivity contribution in [3.63, 3.8) is 0 Å². The molecule has 2 aromatic rings. The zero-order chi connectivity index (χ0) is 23.8. The van der Waals surface area contributed by atoms with Crippen molar-refractivity contribution in [2.24, 2.45) is 5.92 Å². The van der Waals surface area contributed by atoms with Crippen molar-refractivity contribution < 1.29 is 32.0 Å². The number of ether oxygens (including phenoxy) is 1. The zero-order valence-electron chi connectivity index (χ0n) is 19.7. The fraction of sp³-hybridized carbons (Fsp3) is 0.241. The predicted molar refractivity (Wildman–Crippen MR) is 132 cm³/mol. The average molecular weight is 489 g/mol. The normalized spacial score (nSPS) is 19.4. The molecule has 0 bridgehead atoms. The van der Waals surface area contributed by atoms with Crippen LogP contribution in [-0.2, 0) is 4.79 Å². The fourth-order valence-electron chi connectivity index (χ4n) is 4.00. The Kier molecular flexibility index (Phi) is 9.48. The van der Waals surface area contributed by atoms with E-state index in [1.165, 1.54) is 0 Å². The number of nitrogens with two attached hydrogens (primary N) is 1. The molecule has 5 nitrogen and oxygen atoms in total. The number of rotatable bonds is 7. The molecule has 2 aromatic carbocycles.